The molecule has 1 fully saturated rings. The molecule has 0 radical (unpaired) electrons. The van der Waals surface area contributed by atoms with Crippen LogP contribution in [-0.4, -0.2) is 45.3 Å². The summed E-state index contributed by atoms with van der Waals surface area (Å²) in [4.78, 5) is 12.7. The first-order valence-corrected chi connectivity index (χ1v) is 11.0. The second-order valence-electron chi connectivity index (χ2n) is 7.93. The minimum atomic E-state index is 0.843. The number of anilines is 1. The van der Waals surface area contributed by atoms with Gasteiger partial charge in [0.15, 0.2) is 11.4 Å². The second kappa shape index (κ2) is 8.08. The minimum Gasteiger partial charge on any atom is -0.330 e. The van der Waals surface area contributed by atoms with E-state index in [0.717, 1.165) is 56.4 Å². The topological polar surface area (TPSA) is 43.3 Å². The molecular formula is C22H27N6S+. The lowest BCUT2D eigenvalue weighted by Crippen LogP contribution is -3.14. The zero-order valence-electron chi connectivity index (χ0n) is 16.6. The molecule has 0 saturated carbocycles. The van der Waals surface area contributed by atoms with Crippen molar-refractivity contribution >= 4 is 18.2 Å². The maximum atomic E-state index is 5.99. The van der Waals surface area contributed by atoms with Crippen LogP contribution in [-0.2, 0) is 19.5 Å². The van der Waals surface area contributed by atoms with Crippen LogP contribution in [0.15, 0.2) is 48.8 Å². The van der Waals surface area contributed by atoms with Crippen molar-refractivity contribution in [3.63, 3.8) is 0 Å². The van der Waals surface area contributed by atoms with Crippen molar-refractivity contribution in [2.75, 3.05) is 31.1 Å². The Morgan fingerprint density at radius 3 is 2.31 bits per heavy atom. The number of rotatable bonds is 4. The van der Waals surface area contributed by atoms with Gasteiger partial charge in [-0.15, -0.1) is 0 Å². The highest BCUT2D eigenvalue weighted by Crippen LogP contribution is 2.26. The summed E-state index contributed by atoms with van der Waals surface area (Å²) in [5.41, 5.74) is 4.06. The summed E-state index contributed by atoms with van der Waals surface area (Å²) < 4.78 is 5.68. The van der Waals surface area contributed by atoms with Crippen LogP contribution in [0.3, 0.4) is 0 Å². The largest absolute Gasteiger partial charge is 0.330 e. The molecule has 0 atom stereocenters. The van der Waals surface area contributed by atoms with Crippen LogP contribution in [0.4, 0.5) is 5.95 Å². The predicted molar refractivity (Wildman–Crippen MR) is 116 cm³/mol. The first-order chi connectivity index (χ1) is 14.3. The van der Waals surface area contributed by atoms with Crippen molar-refractivity contribution in [1.29, 1.82) is 0 Å². The predicted octanol–water partition coefficient (Wildman–Crippen LogP) is 2.04. The van der Waals surface area contributed by atoms with Crippen LogP contribution in [0.25, 0.3) is 5.69 Å². The van der Waals surface area contributed by atoms with Crippen molar-refractivity contribution in [1.82, 2.24) is 19.1 Å². The SMILES string of the molecule is S=c1n(C[NH+]2CCN(c3ncccn3)CC2)c2c(n1-c1ccccc1)CCCC2. The van der Waals surface area contributed by atoms with Crippen LogP contribution in [0.1, 0.15) is 24.2 Å². The van der Waals surface area contributed by atoms with Crippen LogP contribution in [0, 0.1) is 4.77 Å². The molecule has 0 bridgehead atoms. The van der Waals surface area contributed by atoms with Gasteiger partial charge in [-0.05, 0) is 56.1 Å². The Hall–Kier alpha value is -2.51. The molecular weight excluding hydrogens is 380 g/mol. The summed E-state index contributed by atoms with van der Waals surface area (Å²) in [5.74, 6) is 0.843. The minimum absolute atomic E-state index is 0.843. The number of benzene rings is 1. The molecule has 2 aliphatic rings. The van der Waals surface area contributed by atoms with E-state index in [1.807, 2.05) is 18.5 Å². The number of hydrogen-bond acceptors (Lipinski definition) is 4. The van der Waals surface area contributed by atoms with E-state index >= 15 is 0 Å². The second-order valence-corrected chi connectivity index (χ2v) is 8.29. The zero-order chi connectivity index (χ0) is 19.6. The summed E-state index contributed by atoms with van der Waals surface area (Å²) in [6, 6.07) is 12.5. The third kappa shape index (κ3) is 3.60. The number of fused-ring (bicyclic) bond motifs is 1. The first-order valence-electron chi connectivity index (χ1n) is 10.6. The number of aromatic nitrogens is 4. The lowest BCUT2D eigenvalue weighted by molar-refractivity contribution is -0.923. The number of nitrogens with one attached hydrogen (secondary N) is 1. The molecule has 1 N–H and O–H groups in total. The fourth-order valence-electron chi connectivity index (χ4n) is 4.62. The van der Waals surface area contributed by atoms with Crippen molar-refractivity contribution in [2.24, 2.45) is 0 Å². The molecule has 0 amide bonds. The fraction of sp³-hybridized carbons (Fsp3) is 0.409. The Labute approximate surface area is 176 Å². The summed E-state index contributed by atoms with van der Waals surface area (Å²) in [7, 11) is 0. The molecule has 29 heavy (non-hydrogen) atoms. The highest BCUT2D eigenvalue weighted by Gasteiger charge is 2.26. The number of quaternary nitrogens is 1. The van der Waals surface area contributed by atoms with Gasteiger partial charge in [0.25, 0.3) is 0 Å². The standard InChI is InChI=1S/C22H26N6S/c29-22-27(17-25-13-15-26(16-14-25)21-23-11-6-12-24-21)19-9-4-5-10-20(19)28(22)18-7-2-1-3-8-18/h1-3,6-8,11-12H,4-5,9-10,13-17H2/p+1. The van der Waals surface area contributed by atoms with Crippen molar-refractivity contribution in [3.8, 4) is 5.69 Å². The van der Waals surface area contributed by atoms with Crippen molar-refractivity contribution < 1.29 is 4.90 Å². The molecule has 5 rings (SSSR count). The average Bonchev–Trinajstić information content (AvgIpc) is 3.07. The highest BCUT2D eigenvalue weighted by molar-refractivity contribution is 7.71. The molecule has 1 aromatic carbocycles. The summed E-state index contributed by atoms with van der Waals surface area (Å²) in [5, 5.41) is 0. The number of piperazine rings is 1. The first kappa shape index (κ1) is 18.5. The van der Waals surface area contributed by atoms with E-state index in [2.05, 4.69) is 54.3 Å². The zero-order valence-corrected chi connectivity index (χ0v) is 17.4. The molecule has 0 unspecified atom stereocenters. The molecule has 3 heterocycles. The van der Waals surface area contributed by atoms with Gasteiger partial charge < -0.3 is 9.80 Å². The van der Waals surface area contributed by atoms with E-state index in [4.69, 9.17) is 12.2 Å². The van der Waals surface area contributed by atoms with Crippen LogP contribution < -0.4 is 9.80 Å². The van der Waals surface area contributed by atoms with Crippen LogP contribution in [0.2, 0.25) is 0 Å². The Kier molecular flexibility index (Phi) is 5.16. The lowest BCUT2D eigenvalue weighted by Gasteiger charge is -2.32. The van der Waals surface area contributed by atoms with E-state index in [0.29, 0.717) is 0 Å². The summed E-state index contributed by atoms with van der Waals surface area (Å²) >= 11 is 5.99. The monoisotopic (exact) mass is 407 g/mol. The van der Waals surface area contributed by atoms with Crippen molar-refractivity contribution in [3.05, 3.63) is 65.0 Å². The molecule has 2 aromatic heterocycles. The average molecular weight is 408 g/mol. The van der Waals surface area contributed by atoms with Gasteiger partial charge in [-0.2, -0.15) is 0 Å². The smallest absolute Gasteiger partial charge is 0.225 e. The molecule has 3 aromatic rings. The molecule has 1 aliphatic carbocycles. The maximum Gasteiger partial charge on any atom is 0.225 e. The van der Waals surface area contributed by atoms with Gasteiger partial charge in [0.2, 0.25) is 5.95 Å². The van der Waals surface area contributed by atoms with Gasteiger partial charge in [0, 0.05) is 29.5 Å². The van der Waals surface area contributed by atoms with E-state index in [1.165, 1.54) is 29.9 Å². The van der Waals surface area contributed by atoms with Gasteiger partial charge in [-0.3, -0.25) is 9.13 Å². The third-order valence-electron chi connectivity index (χ3n) is 6.13. The van der Waals surface area contributed by atoms with E-state index in [9.17, 15) is 0 Å². The molecule has 1 aliphatic heterocycles. The normalized spacial score (nSPS) is 17.3. The maximum absolute atomic E-state index is 5.99. The number of nitrogens with zero attached hydrogens (tertiary/aromatic N) is 5. The number of para-hydroxylation sites is 1. The molecule has 7 heteroatoms. The lowest BCUT2D eigenvalue weighted by atomic mass is 10.0. The Morgan fingerprint density at radius 2 is 1.59 bits per heavy atom. The molecule has 0 spiro atoms. The number of imidazole rings is 1. The van der Waals surface area contributed by atoms with Crippen LogP contribution >= 0.6 is 12.2 Å². The quantitative estimate of drug-likeness (QED) is 0.673. The third-order valence-corrected chi connectivity index (χ3v) is 6.53. The summed E-state index contributed by atoms with van der Waals surface area (Å²) in [6.45, 7) is 5.06. The summed E-state index contributed by atoms with van der Waals surface area (Å²) in [6.07, 6.45) is 8.40. The Morgan fingerprint density at radius 1 is 0.897 bits per heavy atom. The van der Waals surface area contributed by atoms with Crippen molar-refractivity contribution in [2.45, 2.75) is 32.4 Å². The van der Waals surface area contributed by atoms with Gasteiger partial charge in [-0.1, -0.05) is 18.2 Å². The number of hydrogen-bond donors (Lipinski definition) is 1. The molecule has 6 nitrogen and oxygen atoms in total. The molecule has 1 saturated heterocycles. The molecule has 150 valence electrons. The van der Waals surface area contributed by atoms with E-state index in [1.54, 1.807) is 4.90 Å². The van der Waals surface area contributed by atoms with Crippen LogP contribution in [0.5, 0.6) is 0 Å². The Bertz CT molecular complexity index is 1020. The van der Waals surface area contributed by atoms with Gasteiger partial charge >= 0.3 is 0 Å². The fourth-order valence-corrected chi connectivity index (χ4v) is 5.01. The highest BCUT2D eigenvalue weighted by atomic mass is 32.1. The Balaban J connectivity index is 1.38. The van der Waals surface area contributed by atoms with Gasteiger partial charge in [0.1, 0.15) is 0 Å². The van der Waals surface area contributed by atoms with Gasteiger partial charge in [0.05, 0.1) is 26.2 Å². The van der Waals surface area contributed by atoms with E-state index < -0.39 is 0 Å². The van der Waals surface area contributed by atoms with E-state index in [-0.39, 0.29) is 0 Å². The van der Waals surface area contributed by atoms with Gasteiger partial charge in [-0.25, -0.2) is 9.97 Å².